The van der Waals surface area contributed by atoms with Gasteiger partial charge < -0.3 is 5.32 Å². The van der Waals surface area contributed by atoms with Crippen molar-refractivity contribution < 1.29 is 18.0 Å². The van der Waals surface area contributed by atoms with E-state index in [1.807, 2.05) is 27.7 Å². The van der Waals surface area contributed by atoms with Crippen LogP contribution in [0.25, 0.3) is 5.69 Å². The Hall–Kier alpha value is -2.09. The number of nitrogens with one attached hydrogen (secondary N) is 1. The molecule has 136 valence electrons. The quantitative estimate of drug-likeness (QED) is 0.838. The fraction of sp³-hybridized carbons (Fsp3) is 0.412. The molecule has 0 unspecified atom stereocenters. The Morgan fingerprint density at radius 1 is 1.24 bits per heavy atom. The average Bonchev–Trinajstić information content (AvgIpc) is 2.86. The van der Waals surface area contributed by atoms with Crippen LogP contribution in [-0.4, -0.2) is 16.1 Å². The Morgan fingerprint density at radius 2 is 1.84 bits per heavy atom. The number of hydrogen-bond acceptors (Lipinski definition) is 2. The number of benzene rings is 1. The Morgan fingerprint density at radius 3 is 2.36 bits per heavy atom. The van der Waals surface area contributed by atoms with Crippen LogP contribution in [0.1, 0.15) is 37.6 Å². The van der Waals surface area contributed by atoms with Crippen molar-refractivity contribution in [2.75, 3.05) is 0 Å². The Bertz CT molecular complexity index is 817. The number of aryl methyl sites for hydroxylation is 1. The number of amides is 2. The van der Waals surface area contributed by atoms with Crippen LogP contribution in [0.3, 0.4) is 0 Å². The number of halogens is 3. The van der Waals surface area contributed by atoms with Crippen LogP contribution in [0.15, 0.2) is 35.5 Å². The Labute approximate surface area is 148 Å². The van der Waals surface area contributed by atoms with E-state index < -0.39 is 17.8 Å². The molecule has 1 N–H and O–H groups in total. The highest BCUT2D eigenvalue weighted by atomic mass is 32.1. The zero-order valence-corrected chi connectivity index (χ0v) is 15.3. The number of thiazole rings is 1. The molecular formula is C17H20F3N3OS. The first kappa shape index (κ1) is 19.2. The van der Waals surface area contributed by atoms with Gasteiger partial charge in [0.05, 0.1) is 5.56 Å². The summed E-state index contributed by atoms with van der Waals surface area (Å²) in [6.07, 6.45) is -1.90. The lowest BCUT2D eigenvalue weighted by Gasteiger charge is -2.22. The van der Waals surface area contributed by atoms with Gasteiger partial charge in [-0.3, -0.25) is 4.57 Å². The molecule has 2 aromatic rings. The number of carbonyl (C=O) groups excluding carboxylic acids is 1. The molecule has 0 aliphatic rings. The van der Waals surface area contributed by atoms with Gasteiger partial charge in [-0.1, -0.05) is 6.92 Å². The molecule has 0 aliphatic carbocycles. The van der Waals surface area contributed by atoms with Crippen molar-refractivity contribution in [1.82, 2.24) is 9.88 Å². The van der Waals surface area contributed by atoms with Crippen LogP contribution in [0.5, 0.6) is 0 Å². The molecule has 2 amide bonds. The number of nitrogens with zero attached hydrogens (tertiary/aromatic N) is 2. The summed E-state index contributed by atoms with van der Waals surface area (Å²) in [5.74, 6) is 0. The summed E-state index contributed by atoms with van der Waals surface area (Å²) in [4.78, 5) is 17.5. The van der Waals surface area contributed by atoms with Crippen LogP contribution < -0.4 is 10.1 Å². The highest BCUT2D eigenvalue weighted by molar-refractivity contribution is 7.09. The fourth-order valence-electron chi connectivity index (χ4n) is 2.02. The maximum absolute atomic E-state index is 12.7. The van der Waals surface area contributed by atoms with E-state index in [4.69, 9.17) is 0 Å². The highest BCUT2D eigenvalue weighted by Crippen LogP contribution is 2.29. The standard InChI is InChI=1S/C17H20F3N3OS/c1-5-16(3,4)22-14(24)21-15-23(10-11(2)25-15)13-8-6-12(7-9-13)17(18,19)20/h6-10H,5H2,1-4H3,(H,22,24)/b21-15-. The minimum atomic E-state index is -4.38. The second-order valence-electron chi connectivity index (χ2n) is 6.32. The second-order valence-corrected chi connectivity index (χ2v) is 7.53. The molecule has 0 bridgehead atoms. The monoisotopic (exact) mass is 371 g/mol. The number of aromatic nitrogens is 1. The lowest BCUT2D eigenvalue weighted by molar-refractivity contribution is -0.137. The summed E-state index contributed by atoms with van der Waals surface area (Å²) in [7, 11) is 0. The minimum Gasteiger partial charge on any atom is -0.331 e. The summed E-state index contributed by atoms with van der Waals surface area (Å²) in [5.41, 5.74) is -0.588. The van der Waals surface area contributed by atoms with Gasteiger partial charge in [-0.2, -0.15) is 18.2 Å². The van der Waals surface area contributed by atoms with E-state index in [9.17, 15) is 18.0 Å². The van der Waals surface area contributed by atoms with Crippen molar-refractivity contribution in [2.45, 2.75) is 45.8 Å². The van der Waals surface area contributed by atoms with Crippen molar-refractivity contribution in [1.29, 1.82) is 0 Å². The van der Waals surface area contributed by atoms with E-state index in [2.05, 4.69) is 10.3 Å². The van der Waals surface area contributed by atoms with Gasteiger partial charge >= 0.3 is 12.2 Å². The molecule has 1 heterocycles. The summed E-state index contributed by atoms with van der Waals surface area (Å²) in [5, 5.41) is 2.81. The summed E-state index contributed by atoms with van der Waals surface area (Å²) < 4.78 is 39.7. The highest BCUT2D eigenvalue weighted by Gasteiger charge is 2.30. The predicted molar refractivity (Wildman–Crippen MR) is 91.8 cm³/mol. The van der Waals surface area contributed by atoms with Gasteiger partial charge in [0.15, 0.2) is 4.80 Å². The van der Waals surface area contributed by atoms with E-state index in [1.165, 1.54) is 23.5 Å². The molecular weight excluding hydrogens is 351 g/mol. The molecule has 0 fully saturated rings. The molecule has 0 atom stereocenters. The lowest BCUT2D eigenvalue weighted by Crippen LogP contribution is -2.42. The van der Waals surface area contributed by atoms with Gasteiger partial charge in [-0.25, -0.2) is 4.79 Å². The van der Waals surface area contributed by atoms with E-state index in [1.54, 1.807) is 10.8 Å². The van der Waals surface area contributed by atoms with E-state index >= 15 is 0 Å². The lowest BCUT2D eigenvalue weighted by atomic mass is 10.0. The van der Waals surface area contributed by atoms with E-state index in [-0.39, 0.29) is 5.54 Å². The largest absolute Gasteiger partial charge is 0.416 e. The molecule has 0 saturated heterocycles. The zero-order valence-electron chi connectivity index (χ0n) is 14.4. The molecule has 0 spiro atoms. The topological polar surface area (TPSA) is 46.4 Å². The third-order valence-corrected chi connectivity index (χ3v) is 4.67. The maximum Gasteiger partial charge on any atom is 0.416 e. The van der Waals surface area contributed by atoms with Crippen molar-refractivity contribution in [3.05, 3.63) is 45.7 Å². The first-order valence-corrected chi connectivity index (χ1v) is 8.57. The number of urea groups is 1. The van der Waals surface area contributed by atoms with Crippen LogP contribution in [0.4, 0.5) is 18.0 Å². The molecule has 0 aliphatic heterocycles. The first-order chi connectivity index (χ1) is 11.5. The Balaban J connectivity index is 2.38. The third-order valence-electron chi connectivity index (χ3n) is 3.77. The van der Waals surface area contributed by atoms with E-state index in [0.29, 0.717) is 10.5 Å². The van der Waals surface area contributed by atoms with Gasteiger partial charge in [0, 0.05) is 22.3 Å². The number of hydrogen-bond donors (Lipinski definition) is 1. The van der Waals surface area contributed by atoms with Crippen molar-refractivity contribution in [3.8, 4) is 5.69 Å². The number of carbonyl (C=O) groups is 1. The smallest absolute Gasteiger partial charge is 0.331 e. The molecule has 4 nitrogen and oxygen atoms in total. The molecule has 25 heavy (non-hydrogen) atoms. The van der Waals surface area contributed by atoms with Crippen molar-refractivity contribution in [2.24, 2.45) is 4.99 Å². The van der Waals surface area contributed by atoms with Crippen LogP contribution in [0.2, 0.25) is 0 Å². The molecule has 1 aromatic heterocycles. The van der Waals surface area contributed by atoms with Gasteiger partial charge in [-0.15, -0.1) is 11.3 Å². The Kier molecular flexibility index (Phi) is 5.41. The average molecular weight is 371 g/mol. The van der Waals surface area contributed by atoms with E-state index in [0.717, 1.165) is 23.4 Å². The van der Waals surface area contributed by atoms with Gasteiger partial charge in [0.2, 0.25) is 0 Å². The summed E-state index contributed by atoms with van der Waals surface area (Å²) >= 11 is 1.29. The minimum absolute atomic E-state index is 0.383. The molecule has 1 aromatic carbocycles. The van der Waals surface area contributed by atoms with Crippen molar-refractivity contribution in [3.63, 3.8) is 0 Å². The molecule has 0 radical (unpaired) electrons. The van der Waals surface area contributed by atoms with Crippen LogP contribution in [0, 0.1) is 6.92 Å². The fourth-order valence-corrected chi connectivity index (χ4v) is 2.85. The zero-order chi connectivity index (χ0) is 18.8. The molecule has 2 rings (SSSR count). The van der Waals surface area contributed by atoms with Gasteiger partial charge in [0.25, 0.3) is 0 Å². The maximum atomic E-state index is 12.7. The SMILES string of the molecule is CCC(C)(C)NC(=O)/N=c1\sc(C)cn1-c1ccc(C(F)(F)F)cc1. The summed E-state index contributed by atoms with van der Waals surface area (Å²) in [6, 6.07) is 4.28. The normalized spacial score (nSPS) is 13.2. The number of alkyl halides is 3. The second kappa shape index (κ2) is 7.03. The molecule has 8 heteroatoms. The predicted octanol–water partition coefficient (Wildman–Crippen LogP) is 4.66. The van der Waals surface area contributed by atoms with Crippen molar-refractivity contribution >= 4 is 17.4 Å². The number of rotatable bonds is 3. The van der Waals surface area contributed by atoms with Crippen LogP contribution in [-0.2, 0) is 6.18 Å². The van der Waals surface area contributed by atoms with Gasteiger partial charge in [0.1, 0.15) is 0 Å². The van der Waals surface area contributed by atoms with Crippen LogP contribution >= 0.6 is 11.3 Å². The summed E-state index contributed by atoms with van der Waals surface area (Å²) in [6.45, 7) is 7.59. The third kappa shape index (κ3) is 4.94. The first-order valence-electron chi connectivity index (χ1n) is 7.75. The van der Waals surface area contributed by atoms with Gasteiger partial charge in [-0.05, 0) is 51.5 Å². The molecule has 0 saturated carbocycles.